The molecule has 1 saturated heterocycles. The highest BCUT2D eigenvalue weighted by atomic mass is 16.2. The lowest BCUT2D eigenvalue weighted by molar-refractivity contribution is -0.122. The van der Waals surface area contributed by atoms with E-state index in [1.807, 2.05) is 42.5 Å². The summed E-state index contributed by atoms with van der Waals surface area (Å²) in [6.45, 7) is 1.96. The summed E-state index contributed by atoms with van der Waals surface area (Å²) in [7, 11) is 0. The molecule has 2 aromatic rings. The predicted molar refractivity (Wildman–Crippen MR) is 112 cm³/mol. The summed E-state index contributed by atoms with van der Waals surface area (Å²) < 4.78 is 0. The standard InChI is InChI=1S/C23H26N4O2/c24-16-19-8-6-18(7-9-19)10-11-22(28)25-21-12-14-27(15-13-21)17-23(29)26-20-4-2-1-3-5-20/h1-9,21H,10-15,17H2,(H,25,28)(H,26,29). The first-order valence-electron chi connectivity index (χ1n) is 9.98. The molecular weight excluding hydrogens is 364 g/mol. The summed E-state index contributed by atoms with van der Waals surface area (Å²) in [6.07, 6.45) is 2.80. The summed E-state index contributed by atoms with van der Waals surface area (Å²) in [4.78, 5) is 26.5. The van der Waals surface area contributed by atoms with Crippen LogP contribution in [0.5, 0.6) is 0 Å². The van der Waals surface area contributed by atoms with E-state index in [1.165, 1.54) is 0 Å². The quantitative estimate of drug-likeness (QED) is 0.761. The number of aryl methyl sites for hydroxylation is 1. The van der Waals surface area contributed by atoms with Crippen LogP contribution >= 0.6 is 0 Å². The first-order valence-corrected chi connectivity index (χ1v) is 9.98. The molecule has 2 N–H and O–H groups in total. The molecule has 6 nitrogen and oxygen atoms in total. The van der Waals surface area contributed by atoms with E-state index in [9.17, 15) is 9.59 Å². The third kappa shape index (κ3) is 6.74. The number of piperidine rings is 1. The number of hydrogen-bond acceptors (Lipinski definition) is 4. The maximum absolute atomic E-state index is 12.2. The van der Waals surface area contributed by atoms with Crippen LogP contribution < -0.4 is 10.6 Å². The van der Waals surface area contributed by atoms with E-state index < -0.39 is 0 Å². The SMILES string of the molecule is N#Cc1ccc(CCC(=O)NC2CCN(CC(=O)Nc3ccccc3)CC2)cc1. The number of carbonyl (C=O) groups excluding carboxylic acids is 2. The summed E-state index contributed by atoms with van der Waals surface area (Å²) >= 11 is 0. The molecular formula is C23H26N4O2. The third-order valence-electron chi connectivity index (χ3n) is 5.10. The average molecular weight is 390 g/mol. The lowest BCUT2D eigenvalue weighted by atomic mass is 10.0. The van der Waals surface area contributed by atoms with E-state index in [-0.39, 0.29) is 17.9 Å². The Morgan fingerprint density at radius 1 is 1.00 bits per heavy atom. The molecule has 0 unspecified atom stereocenters. The van der Waals surface area contributed by atoms with Crippen LogP contribution in [-0.2, 0) is 16.0 Å². The van der Waals surface area contributed by atoms with Crippen LogP contribution in [0.25, 0.3) is 0 Å². The Kier molecular flexibility index (Phi) is 7.37. The first kappa shape index (κ1) is 20.6. The second kappa shape index (κ2) is 10.4. The second-order valence-electron chi connectivity index (χ2n) is 7.34. The van der Waals surface area contributed by atoms with E-state index in [0.717, 1.165) is 37.2 Å². The van der Waals surface area contributed by atoms with Gasteiger partial charge in [0, 0.05) is 31.2 Å². The highest BCUT2D eigenvalue weighted by molar-refractivity contribution is 5.92. The molecule has 1 aliphatic rings. The van der Waals surface area contributed by atoms with Crippen molar-refractivity contribution < 1.29 is 9.59 Å². The number of nitrogens with one attached hydrogen (secondary N) is 2. The van der Waals surface area contributed by atoms with E-state index in [1.54, 1.807) is 12.1 Å². The van der Waals surface area contributed by atoms with Gasteiger partial charge in [-0.15, -0.1) is 0 Å². The molecule has 0 aromatic heterocycles. The zero-order chi connectivity index (χ0) is 20.5. The monoisotopic (exact) mass is 390 g/mol. The van der Waals surface area contributed by atoms with Crippen molar-refractivity contribution in [3.05, 3.63) is 65.7 Å². The molecule has 0 aliphatic carbocycles. The van der Waals surface area contributed by atoms with Gasteiger partial charge in [-0.2, -0.15) is 5.26 Å². The summed E-state index contributed by atoms with van der Waals surface area (Å²) in [5.74, 6) is 0.0377. The fraction of sp³-hybridized carbons (Fsp3) is 0.348. The molecule has 0 atom stereocenters. The van der Waals surface area contributed by atoms with Crippen LogP contribution in [-0.4, -0.2) is 42.4 Å². The first-order chi connectivity index (χ1) is 14.1. The molecule has 150 valence electrons. The van der Waals surface area contributed by atoms with E-state index in [2.05, 4.69) is 21.6 Å². The van der Waals surface area contributed by atoms with Crippen LogP contribution in [0.15, 0.2) is 54.6 Å². The normalized spacial score (nSPS) is 14.7. The lowest BCUT2D eigenvalue weighted by Gasteiger charge is -2.31. The topological polar surface area (TPSA) is 85.2 Å². The maximum Gasteiger partial charge on any atom is 0.238 e. The Morgan fingerprint density at radius 2 is 1.69 bits per heavy atom. The minimum absolute atomic E-state index is 0.0129. The molecule has 0 spiro atoms. The van der Waals surface area contributed by atoms with Crippen molar-refractivity contribution >= 4 is 17.5 Å². The average Bonchev–Trinajstić information content (AvgIpc) is 2.75. The number of para-hydroxylation sites is 1. The number of amides is 2. The van der Waals surface area contributed by atoms with Crippen molar-refractivity contribution in [1.29, 1.82) is 5.26 Å². The van der Waals surface area contributed by atoms with Gasteiger partial charge in [-0.1, -0.05) is 30.3 Å². The summed E-state index contributed by atoms with van der Waals surface area (Å²) in [6, 6.07) is 19.0. The highest BCUT2D eigenvalue weighted by Gasteiger charge is 2.22. The molecule has 1 aliphatic heterocycles. The number of nitrogens with zero attached hydrogens (tertiary/aromatic N) is 2. The second-order valence-corrected chi connectivity index (χ2v) is 7.34. The number of likely N-dealkylation sites (tertiary alicyclic amines) is 1. The van der Waals surface area contributed by atoms with Gasteiger partial charge in [-0.05, 0) is 49.1 Å². The maximum atomic E-state index is 12.2. The fourth-order valence-electron chi connectivity index (χ4n) is 3.46. The Labute approximate surface area is 171 Å². The molecule has 6 heteroatoms. The van der Waals surface area contributed by atoms with Crippen LogP contribution in [0.2, 0.25) is 0 Å². The Bertz CT molecular complexity index is 851. The minimum atomic E-state index is -0.0129. The number of nitriles is 1. The molecule has 2 aromatic carbocycles. The molecule has 1 heterocycles. The van der Waals surface area contributed by atoms with Gasteiger partial charge in [0.2, 0.25) is 11.8 Å². The predicted octanol–water partition coefficient (Wildman–Crippen LogP) is 2.71. The molecule has 1 fully saturated rings. The summed E-state index contributed by atoms with van der Waals surface area (Å²) in [5.41, 5.74) is 2.49. The van der Waals surface area contributed by atoms with Crippen molar-refractivity contribution in [1.82, 2.24) is 10.2 Å². The van der Waals surface area contributed by atoms with E-state index in [0.29, 0.717) is 24.9 Å². The Morgan fingerprint density at radius 3 is 2.34 bits per heavy atom. The van der Waals surface area contributed by atoms with Gasteiger partial charge < -0.3 is 10.6 Å². The highest BCUT2D eigenvalue weighted by Crippen LogP contribution is 2.12. The zero-order valence-electron chi connectivity index (χ0n) is 16.4. The van der Waals surface area contributed by atoms with Gasteiger partial charge in [-0.25, -0.2) is 0 Å². The van der Waals surface area contributed by atoms with Crippen molar-refractivity contribution in [2.45, 2.75) is 31.7 Å². The van der Waals surface area contributed by atoms with Crippen molar-refractivity contribution in [3.8, 4) is 6.07 Å². The number of hydrogen-bond donors (Lipinski definition) is 2. The van der Waals surface area contributed by atoms with Gasteiger partial charge in [0.25, 0.3) is 0 Å². The molecule has 0 radical (unpaired) electrons. The van der Waals surface area contributed by atoms with Crippen LogP contribution in [0.1, 0.15) is 30.4 Å². The van der Waals surface area contributed by atoms with Crippen LogP contribution in [0.3, 0.4) is 0 Å². The van der Waals surface area contributed by atoms with Crippen molar-refractivity contribution in [2.24, 2.45) is 0 Å². The van der Waals surface area contributed by atoms with Crippen molar-refractivity contribution in [3.63, 3.8) is 0 Å². The van der Waals surface area contributed by atoms with Gasteiger partial charge in [0.15, 0.2) is 0 Å². The van der Waals surface area contributed by atoms with Crippen LogP contribution in [0.4, 0.5) is 5.69 Å². The lowest BCUT2D eigenvalue weighted by Crippen LogP contribution is -2.46. The number of carbonyl (C=O) groups is 2. The Hall–Kier alpha value is -3.17. The molecule has 0 saturated carbocycles. The van der Waals surface area contributed by atoms with E-state index in [4.69, 9.17) is 5.26 Å². The van der Waals surface area contributed by atoms with Gasteiger partial charge in [0.1, 0.15) is 0 Å². The van der Waals surface area contributed by atoms with Crippen molar-refractivity contribution in [2.75, 3.05) is 25.0 Å². The number of anilines is 1. The molecule has 29 heavy (non-hydrogen) atoms. The van der Waals surface area contributed by atoms with E-state index >= 15 is 0 Å². The molecule has 2 amide bonds. The summed E-state index contributed by atoms with van der Waals surface area (Å²) in [5, 5.41) is 14.8. The number of benzene rings is 2. The zero-order valence-corrected chi connectivity index (χ0v) is 16.4. The van der Waals surface area contributed by atoms with Gasteiger partial charge in [0.05, 0.1) is 18.2 Å². The fourth-order valence-corrected chi connectivity index (χ4v) is 3.46. The minimum Gasteiger partial charge on any atom is -0.353 e. The van der Waals surface area contributed by atoms with Gasteiger partial charge >= 0.3 is 0 Å². The molecule has 0 bridgehead atoms. The third-order valence-corrected chi connectivity index (χ3v) is 5.10. The van der Waals surface area contributed by atoms with Gasteiger partial charge in [-0.3, -0.25) is 14.5 Å². The van der Waals surface area contributed by atoms with Crippen LogP contribution in [0, 0.1) is 11.3 Å². The largest absolute Gasteiger partial charge is 0.353 e. The molecule has 3 rings (SSSR count). The smallest absolute Gasteiger partial charge is 0.238 e. The number of rotatable bonds is 7. The Balaban J connectivity index is 1.34.